The fourth-order valence-electron chi connectivity index (χ4n) is 4.04. The maximum atomic E-state index is 12.2. The summed E-state index contributed by atoms with van der Waals surface area (Å²) in [5.41, 5.74) is 6.63. The van der Waals surface area contributed by atoms with E-state index in [-0.39, 0.29) is 11.3 Å². The SMILES string of the molecule is Cc1ccc(-c2ccc(-c3nccc(Nc4ccc5c(c4)C(C)(C)CNC5=O)n3)cc2)cn1. The third-order valence-electron chi connectivity index (χ3n) is 6.00. The first kappa shape index (κ1) is 20.8. The lowest BCUT2D eigenvalue weighted by Crippen LogP contribution is -2.43. The molecule has 33 heavy (non-hydrogen) atoms. The lowest BCUT2D eigenvalue weighted by Gasteiger charge is -2.32. The third kappa shape index (κ3) is 4.20. The van der Waals surface area contributed by atoms with E-state index in [4.69, 9.17) is 4.98 Å². The van der Waals surface area contributed by atoms with Crippen molar-refractivity contribution in [3.63, 3.8) is 0 Å². The first-order valence-electron chi connectivity index (χ1n) is 11.0. The van der Waals surface area contributed by atoms with Gasteiger partial charge in [-0.3, -0.25) is 9.78 Å². The first-order valence-corrected chi connectivity index (χ1v) is 11.0. The van der Waals surface area contributed by atoms with Crippen LogP contribution in [0.3, 0.4) is 0 Å². The van der Waals surface area contributed by atoms with Gasteiger partial charge in [-0.05, 0) is 48.4 Å². The highest BCUT2D eigenvalue weighted by molar-refractivity contribution is 5.98. The lowest BCUT2D eigenvalue weighted by atomic mass is 9.79. The van der Waals surface area contributed by atoms with Crippen LogP contribution in [0.5, 0.6) is 0 Å². The minimum atomic E-state index is -0.132. The Hall–Kier alpha value is -4.06. The maximum absolute atomic E-state index is 12.2. The van der Waals surface area contributed by atoms with Crippen LogP contribution in [-0.4, -0.2) is 27.4 Å². The smallest absolute Gasteiger partial charge is 0.251 e. The summed E-state index contributed by atoms with van der Waals surface area (Å²) in [5.74, 6) is 1.32. The average molecular weight is 436 g/mol. The molecule has 0 fully saturated rings. The van der Waals surface area contributed by atoms with Gasteiger partial charge in [0.2, 0.25) is 0 Å². The van der Waals surface area contributed by atoms with Gasteiger partial charge < -0.3 is 10.6 Å². The molecule has 4 aromatic rings. The second-order valence-electron chi connectivity index (χ2n) is 8.98. The Morgan fingerprint density at radius 2 is 1.67 bits per heavy atom. The number of carbonyl (C=O) groups excluding carboxylic acids is 1. The number of pyridine rings is 1. The van der Waals surface area contributed by atoms with Crippen molar-refractivity contribution in [2.24, 2.45) is 0 Å². The van der Waals surface area contributed by atoms with Gasteiger partial charge in [0, 0.05) is 52.4 Å². The minimum Gasteiger partial charge on any atom is -0.351 e. The Bertz CT molecular complexity index is 1330. The van der Waals surface area contributed by atoms with Gasteiger partial charge in [0.15, 0.2) is 5.82 Å². The molecule has 164 valence electrons. The van der Waals surface area contributed by atoms with E-state index in [1.165, 1.54) is 0 Å². The molecule has 1 aliphatic heterocycles. The number of rotatable bonds is 4. The summed E-state index contributed by atoms with van der Waals surface area (Å²) in [4.78, 5) is 25.7. The van der Waals surface area contributed by atoms with E-state index in [2.05, 4.69) is 52.6 Å². The number of amides is 1. The molecule has 0 saturated carbocycles. The molecule has 0 saturated heterocycles. The molecule has 1 amide bonds. The predicted molar refractivity (Wildman–Crippen MR) is 131 cm³/mol. The van der Waals surface area contributed by atoms with Gasteiger partial charge in [-0.2, -0.15) is 0 Å². The van der Waals surface area contributed by atoms with Crippen LogP contribution in [0.15, 0.2) is 73.1 Å². The highest BCUT2D eigenvalue weighted by Gasteiger charge is 2.31. The van der Waals surface area contributed by atoms with Gasteiger partial charge in [0.25, 0.3) is 5.91 Å². The zero-order valence-electron chi connectivity index (χ0n) is 18.9. The van der Waals surface area contributed by atoms with Gasteiger partial charge in [-0.15, -0.1) is 0 Å². The van der Waals surface area contributed by atoms with E-state index >= 15 is 0 Å². The number of nitrogens with one attached hydrogen (secondary N) is 2. The van der Waals surface area contributed by atoms with Crippen LogP contribution in [0, 0.1) is 6.92 Å². The van der Waals surface area contributed by atoms with Crippen LogP contribution < -0.4 is 10.6 Å². The number of aryl methyl sites for hydroxylation is 1. The number of aromatic nitrogens is 3. The molecule has 0 aliphatic carbocycles. The standard InChI is InChI=1S/C27H25N5O/c1-17-4-5-20(15-29-17)18-6-8-19(9-7-18)25-28-13-12-24(32-25)31-21-10-11-22-23(14-21)27(2,3)16-30-26(22)33/h4-15H,16H2,1-3H3,(H,30,33)(H,28,31,32). The molecule has 0 unspecified atom stereocenters. The van der Waals surface area contributed by atoms with Crippen molar-refractivity contribution >= 4 is 17.4 Å². The second kappa shape index (κ2) is 8.13. The zero-order valence-corrected chi connectivity index (χ0v) is 18.9. The summed E-state index contributed by atoms with van der Waals surface area (Å²) in [6, 6.07) is 19.9. The predicted octanol–water partition coefficient (Wildman–Crippen LogP) is 5.28. The minimum absolute atomic E-state index is 0.0231. The molecule has 3 heterocycles. The molecule has 2 aromatic carbocycles. The molecule has 0 spiro atoms. The summed E-state index contributed by atoms with van der Waals surface area (Å²) < 4.78 is 0. The molecule has 2 aromatic heterocycles. The molecule has 6 heteroatoms. The lowest BCUT2D eigenvalue weighted by molar-refractivity contribution is 0.0930. The summed E-state index contributed by atoms with van der Waals surface area (Å²) >= 11 is 0. The Morgan fingerprint density at radius 3 is 2.42 bits per heavy atom. The number of hydrogen-bond donors (Lipinski definition) is 2. The molecule has 0 atom stereocenters. The van der Waals surface area contributed by atoms with Crippen LogP contribution in [-0.2, 0) is 5.41 Å². The molecular formula is C27H25N5O. The van der Waals surface area contributed by atoms with Crippen LogP contribution in [0.25, 0.3) is 22.5 Å². The molecular weight excluding hydrogens is 410 g/mol. The monoisotopic (exact) mass is 435 g/mol. The molecule has 2 N–H and O–H groups in total. The highest BCUT2D eigenvalue weighted by Crippen LogP contribution is 2.32. The number of anilines is 2. The summed E-state index contributed by atoms with van der Waals surface area (Å²) in [6.45, 7) is 6.87. The summed E-state index contributed by atoms with van der Waals surface area (Å²) in [7, 11) is 0. The van der Waals surface area contributed by atoms with Gasteiger partial charge >= 0.3 is 0 Å². The average Bonchev–Trinajstić information content (AvgIpc) is 2.83. The zero-order chi connectivity index (χ0) is 23.0. The largest absolute Gasteiger partial charge is 0.351 e. The van der Waals surface area contributed by atoms with Crippen molar-refractivity contribution in [1.82, 2.24) is 20.3 Å². The third-order valence-corrected chi connectivity index (χ3v) is 6.00. The van der Waals surface area contributed by atoms with Crippen LogP contribution in [0.1, 0.15) is 35.5 Å². The van der Waals surface area contributed by atoms with Gasteiger partial charge in [0.1, 0.15) is 5.82 Å². The van der Waals surface area contributed by atoms with Crippen molar-refractivity contribution in [2.45, 2.75) is 26.2 Å². The summed E-state index contributed by atoms with van der Waals surface area (Å²) in [6.07, 6.45) is 3.63. The second-order valence-corrected chi connectivity index (χ2v) is 8.98. The Balaban J connectivity index is 1.39. The summed E-state index contributed by atoms with van der Waals surface area (Å²) in [5, 5.41) is 6.32. The van der Waals surface area contributed by atoms with E-state index in [1.54, 1.807) is 6.20 Å². The van der Waals surface area contributed by atoms with E-state index in [9.17, 15) is 4.79 Å². The van der Waals surface area contributed by atoms with E-state index in [0.717, 1.165) is 39.2 Å². The maximum Gasteiger partial charge on any atom is 0.251 e. The molecule has 0 bridgehead atoms. The number of carbonyl (C=O) groups is 1. The normalized spacial score (nSPS) is 14.3. The van der Waals surface area contributed by atoms with Gasteiger partial charge in [-0.1, -0.05) is 44.2 Å². The van der Waals surface area contributed by atoms with Crippen molar-refractivity contribution < 1.29 is 4.79 Å². The highest BCUT2D eigenvalue weighted by atomic mass is 16.1. The fourth-order valence-corrected chi connectivity index (χ4v) is 4.04. The fraction of sp³-hybridized carbons (Fsp3) is 0.185. The van der Waals surface area contributed by atoms with Crippen LogP contribution >= 0.6 is 0 Å². The molecule has 6 nitrogen and oxygen atoms in total. The quantitative estimate of drug-likeness (QED) is 0.456. The Morgan fingerprint density at radius 1 is 0.909 bits per heavy atom. The van der Waals surface area contributed by atoms with Gasteiger partial charge in [-0.25, -0.2) is 9.97 Å². The van der Waals surface area contributed by atoms with Crippen molar-refractivity contribution in [3.8, 4) is 22.5 Å². The number of nitrogens with zero attached hydrogens (tertiary/aromatic N) is 3. The van der Waals surface area contributed by atoms with E-state index < -0.39 is 0 Å². The Kier molecular flexibility index (Phi) is 5.13. The van der Waals surface area contributed by atoms with E-state index in [0.29, 0.717) is 18.2 Å². The Labute approximate surface area is 193 Å². The van der Waals surface area contributed by atoms with Crippen molar-refractivity contribution in [2.75, 3.05) is 11.9 Å². The number of fused-ring (bicyclic) bond motifs is 1. The van der Waals surface area contributed by atoms with E-state index in [1.807, 2.05) is 55.6 Å². The molecule has 5 rings (SSSR count). The first-order chi connectivity index (χ1) is 15.9. The molecule has 1 aliphatic rings. The van der Waals surface area contributed by atoms with Gasteiger partial charge in [0.05, 0.1) is 0 Å². The number of hydrogen-bond acceptors (Lipinski definition) is 5. The topological polar surface area (TPSA) is 79.8 Å². The molecule has 0 radical (unpaired) electrons. The van der Waals surface area contributed by atoms with Crippen LogP contribution in [0.4, 0.5) is 11.5 Å². The van der Waals surface area contributed by atoms with Crippen LogP contribution in [0.2, 0.25) is 0 Å². The number of benzene rings is 2. The van der Waals surface area contributed by atoms with Crippen molar-refractivity contribution in [3.05, 3.63) is 89.9 Å². The van der Waals surface area contributed by atoms with Crippen molar-refractivity contribution in [1.29, 1.82) is 0 Å².